The van der Waals surface area contributed by atoms with Gasteiger partial charge in [-0.3, -0.25) is 20.0 Å². The molecular weight excluding hydrogens is 282 g/mol. The third-order valence-electron chi connectivity index (χ3n) is 2.36. The van der Waals surface area contributed by atoms with Crippen molar-refractivity contribution in [3.63, 3.8) is 0 Å². The quantitative estimate of drug-likeness (QED) is 0.787. The molecule has 0 bridgehead atoms. The zero-order valence-corrected chi connectivity index (χ0v) is 11.4. The van der Waals surface area contributed by atoms with Crippen LogP contribution in [0.5, 0.6) is 0 Å². The minimum absolute atomic E-state index is 0.172. The molecule has 2 amide bonds. The number of rotatable bonds is 4. The van der Waals surface area contributed by atoms with Crippen molar-refractivity contribution in [3.8, 4) is 0 Å². The van der Waals surface area contributed by atoms with Crippen LogP contribution in [0.3, 0.4) is 0 Å². The summed E-state index contributed by atoms with van der Waals surface area (Å²) in [6.07, 6.45) is 0. The molecule has 1 heterocycles. The van der Waals surface area contributed by atoms with Gasteiger partial charge in [0.25, 0.3) is 5.91 Å². The molecule has 3 N–H and O–H groups in total. The maximum absolute atomic E-state index is 11.7. The molecule has 8 heteroatoms. The molecule has 0 saturated carbocycles. The summed E-state index contributed by atoms with van der Waals surface area (Å²) in [4.78, 5) is 27.2. The van der Waals surface area contributed by atoms with E-state index in [1.54, 1.807) is 31.2 Å². The van der Waals surface area contributed by atoms with Gasteiger partial charge >= 0.3 is 0 Å². The van der Waals surface area contributed by atoms with Gasteiger partial charge in [-0.15, -0.1) is 5.10 Å². The Hall–Kier alpha value is -2.41. The standard InChI is InChI=1S/C12H12ClN5O2/c1-7-15-12(18-17-7)16-10(19)6-14-11(20)8-2-4-9(13)5-3-8/h2-5H,6H2,1H3,(H,14,20)(H2,15,16,17,18,19). The van der Waals surface area contributed by atoms with E-state index in [4.69, 9.17) is 11.6 Å². The second-order valence-corrected chi connectivity index (χ2v) is 4.42. The van der Waals surface area contributed by atoms with Crippen LogP contribution in [0.25, 0.3) is 0 Å². The molecule has 1 aromatic heterocycles. The van der Waals surface area contributed by atoms with E-state index in [1.165, 1.54) is 0 Å². The molecule has 0 unspecified atom stereocenters. The highest BCUT2D eigenvalue weighted by atomic mass is 35.5. The fourth-order valence-electron chi connectivity index (χ4n) is 1.43. The summed E-state index contributed by atoms with van der Waals surface area (Å²) in [6.45, 7) is 1.54. The molecule has 7 nitrogen and oxygen atoms in total. The average Bonchev–Trinajstić information content (AvgIpc) is 2.82. The molecule has 2 rings (SSSR count). The first-order valence-corrected chi connectivity index (χ1v) is 6.15. The number of aromatic amines is 1. The maximum Gasteiger partial charge on any atom is 0.251 e. The van der Waals surface area contributed by atoms with Crippen molar-refractivity contribution >= 4 is 29.4 Å². The minimum Gasteiger partial charge on any atom is -0.343 e. The van der Waals surface area contributed by atoms with Crippen molar-refractivity contribution in [1.82, 2.24) is 20.5 Å². The molecular formula is C12H12ClN5O2. The molecule has 0 fully saturated rings. The first-order chi connectivity index (χ1) is 9.54. The molecule has 0 spiro atoms. The number of nitrogens with one attached hydrogen (secondary N) is 3. The lowest BCUT2D eigenvalue weighted by molar-refractivity contribution is -0.115. The average molecular weight is 294 g/mol. The molecule has 0 radical (unpaired) electrons. The van der Waals surface area contributed by atoms with Crippen molar-refractivity contribution in [2.45, 2.75) is 6.92 Å². The predicted molar refractivity (Wildman–Crippen MR) is 73.5 cm³/mol. The van der Waals surface area contributed by atoms with Crippen LogP contribution in [-0.2, 0) is 4.79 Å². The SMILES string of the molecule is Cc1nc(NC(=O)CNC(=O)c2ccc(Cl)cc2)n[nH]1. The lowest BCUT2D eigenvalue weighted by Gasteiger charge is -2.04. The molecule has 0 saturated heterocycles. The second kappa shape index (κ2) is 6.16. The summed E-state index contributed by atoms with van der Waals surface area (Å²) in [5.41, 5.74) is 0.427. The number of halogens is 1. The number of hydrogen-bond acceptors (Lipinski definition) is 4. The van der Waals surface area contributed by atoms with Crippen molar-refractivity contribution in [2.75, 3.05) is 11.9 Å². The highest BCUT2D eigenvalue weighted by Gasteiger charge is 2.09. The Labute approximate surface area is 119 Å². The Kier molecular flexibility index (Phi) is 4.31. The number of carbonyl (C=O) groups is 2. The third-order valence-corrected chi connectivity index (χ3v) is 2.62. The van der Waals surface area contributed by atoms with Crippen molar-refractivity contribution in [1.29, 1.82) is 0 Å². The van der Waals surface area contributed by atoms with Crippen molar-refractivity contribution in [2.24, 2.45) is 0 Å². The van der Waals surface area contributed by atoms with Gasteiger partial charge in [-0.1, -0.05) is 11.6 Å². The number of anilines is 1. The Morgan fingerprint density at radius 3 is 2.60 bits per heavy atom. The van der Waals surface area contributed by atoms with E-state index in [2.05, 4.69) is 25.8 Å². The topological polar surface area (TPSA) is 99.8 Å². The van der Waals surface area contributed by atoms with E-state index in [0.717, 1.165) is 0 Å². The van der Waals surface area contributed by atoms with Crippen molar-refractivity contribution < 1.29 is 9.59 Å². The number of aromatic nitrogens is 3. The summed E-state index contributed by atoms with van der Waals surface area (Å²) in [5, 5.41) is 11.8. The van der Waals surface area contributed by atoms with Crippen LogP contribution in [-0.4, -0.2) is 33.5 Å². The minimum atomic E-state index is -0.411. The van der Waals surface area contributed by atoms with Crippen LogP contribution >= 0.6 is 11.6 Å². The number of amides is 2. The summed E-state index contributed by atoms with van der Waals surface area (Å²) >= 11 is 5.72. The molecule has 104 valence electrons. The normalized spacial score (nSPS) is 10.1. The number of benzene rings is 1. The molecule has 2 aromatic rings. The number of H-pyrrole nitrogens is 1. The van der Waals surface area contributed by atoms with Gasteiger partial charge in [0.1, 0.15) is 5.82 Å². The predicted octanol–water partition coefficient (Wildman–Crippen LogP) is 1.14. The van der Waals surface area contributed by atoms with Crippen LogP contribution in [0.4, 0.5) is 5.95 Å². The number of aryl methyl sites for hydroxylation is 1. The van der Waals surface area contributed by atoms with Crippen LogP contribution < -0.4 is 10.6 Å². The highest BCUT2D eigenvalue weighted by Crippen LogP contribution is 2.09. The van der Waals surface area contributed by atoms with E-state index in [-0.39, 0.29) is 18.4 Å². The zero-order chi connectivity index (χ0) is 14.5. The van der Waals surface area contributed by atoms with Crippen molar-refractivity contribution in [3.05, 3.63) is 40.7 Å². The van der Waals surface area contributed by atoms with Gasteiger partial charge in [-0.05, 0) is 31.2 Å². The lowest BCUT2D eigenvalue weighted by atomic mass is 10.2. The Morgan fingerprint density at radius 1 is 1.30 bits per heavy atom. The number of carbonyl (C=O) groups excluding carboxylic acids is 2. The fraction of sp³-hybridized carbons (Fsp3) is 0.167. The fourth-order valence-corrected chi connectivity index (χ4v) is 1.56. The van der Waals surface area contributed by atoms with E-state index in [0.29, 0.717) is 16.4 Å². The molecule has 20 heavy (non-hydrogen) atoms. The molecule has 0 atom stereocenters. The summed E-state index contributed by atoms with van der Waals surface area (Å²) in [6, 6.07) is 6.36. The number of nitrogens with zero attached hydrogens (tertiary/aromatic N) is 2. The van der Waals surface area contributed by atoms with Gasteiger partial charge in [-0.2, -0.15) is 4.98 Å². The monoisotopic (exact) mass is 293 g/mol. The van der Waals surface area contributed by atoms with Gasteiger partial charge in [-0.25, -0.2) is 0 Å². The highest BCUT2D eigenvalue weighted by molar-refractivity contribution is 6.30. The van der Waals surface area contributed by atoms with Gasteiger partial charge in [0.15, 0.2) is 0 Å². The first kappa shape index (κ1) is 14.0. The molecule has 1 aromatic carbocycles. The summed E-state index contributed by atoms with van der Waals surface area (Å²) < 4.78 is 0. The van der Waals surface area contributed by atoms with E-state index < -0.39 is 5.91 Å². The lowest BCUT2D eigenvalue weighted by Crippen LogP contribution is -2.33. The van der Waals surface area contributed by atoms with Crippen LogP contribution in [0.1, 0.15) is 16.2 Å². The second-order valence-electron chi connectivity index (χ2n) is 3.98. The zero-order valence-electron chi connectivity index (χ0n) is 10.6. The maximum atomic E-state index is 11.7. The Morgan fingerprint density at radius 2 is 2.00 bits per heavy atom. The number of hydrogen-bond donors (Lipinski definition) is 3. The van der Waals surface area contributed by atoms with E-state index >= 15 is 0 Å². The van der Waals surface area contributed by atoms with Gasteiger partial charge in [0.2, 0.25) is 11.9 Å². The molecule has 0 aliphatic rings. The van der Waals surface area contributed by atoms with E-state index in [1.807, 2.05) is 0 Å². The Bertz CT molecular complexity index is 623. The van der Waals surface area contributed by atoms with Crippen LogP contribution in [0.2, 0.25) is 5.02 Å². The largest absolute Gasteiger partial charge is 0.343 e. The summed E-state index contributed by atoms with van der Waals surface area (Å²) in [7, 11) is 0. The molecule has 0 aliphatic heterocycles. The first-order valence-electron chi connectivity index (χ1n) is 5.77. The van der Waals surface area contributed by atoms with Gasteiger partial charge in [0, 0.05) is 10.6 Å². The van der Waals surface area contributed by atoms with Crippen LogP contribution in [0.15, 0.2) is 24.3 Å². The smallest absolute Gasteiger partial charge is 0.251 e. The molecule has 0 aliphatic carbocycles. The third kappa shape index (κ3) is 3.79. The Balaban J connectivity index is 1.84. The summed E-state index contributed by atoms with van der Waals surface area (Å²) in [5.74, 6) is -0.00644. The van der Waals surface area contributed by atoms with E-state index in [9.17, 15) is 9.59 Å². The van der Waals surface area contributed by atoms with Gasteiger partial charge < -0.3 is 5.32 Å². The van der Waals surface area contributed by atoms with Gasteiger partial charge in [0.05, 0.1) is 6.54 Å². The van der Waals surface area contributed by atoms with Crippen LogP contribution in [0, 0.1) is 6.92 Å².